The van der Waals surface area contributed by atoms with E-state index in [1.54, 1.807) is 0 Å². The lowest BCUT2D eigenvalue weighted by molar-refractivity contribution is -0.120. The molecule has 0 aliphatic heterocycles. The van der Waals surface area contributed by atoms with Crippen LogP contribution in [0, 0.1) is 5.92 Å². The second-order valence-electron chi connectivity index (χ2n) is 5.40. The van der Waals surface area contributed by atoms with Gasteiger partial charge in [0.2, 0.25) is 5.91 Å². The first kappa shape index (κ1) is 15.7. The maximum atomic E-state index is 12.1. The monoisotopic (exact) mass is 263 g/mol. The summed E-state index contributed by atoms with van der Waals surface area (Å²) in [5.74, 6) is 0.563. The van der Waals surface area contributed by atoms with E-state index < -0.39 is 0 Å². The van der Waals surface area contributed by atoms with Gasteiger partial charge < -0.3 is 11.1 Å². The fourth-order valence-corrected chi connectivity index (χ4v) is 1.91. The van der Waals surface area contributed by atoms with Gasteiger partial charge in [0, 0.05) is 18.8 Å². The SMILES string of the molecule is CC(C)CN(C)C(C)C(=O)Nc1ccc(CN)cc1. The zero-order valence-corrected chi connectivity index (χ0v) is 12.3. The van der Waals surface area contributed by atoms with Crippen LogP contribution in [-0.2, 0) is 11.3 Å². The van der Waals surface area contributed by atoms with Gasteiger partial charge in [-0.15, -0.1) is 0 Å². The van der Waals surface area contributed by atoms with E-state index in [1.165, 1.54) is 0 Å². The number of carbonyl (C=O) groups is 1. The summed E-state index contributed by atoms with van der Waals surface area (Å²) < 4.78 is 0. The molecule has 0 spiro atoms. The number of nitrogens with two attached hydrogens (primary N) is 1. The van der Waals surface area contributed by atoms with E-state index in [9.17, 15) is 4.79 Å². The van der Waals surface area contributed by atoms with Gasteiger partial charge in [0.05, 0.1) is 6.04 Å². The van der Waals surface area contributed by atoms with E-state index >= 15 is 0 Å². The van der Waals surface area contributed by atoms with Gasteiger partial charge in [0.15, 0.2) is 0 Å². The largest absolute Gasteiger partial charge is 0.326 e. The molecule has 0 aliphatic carbocycles. The first-order valence-electron chi connectivity index (χ1n) is 6.74. The van der Waals surface area contributed by atoms with Crippen molar-refractivity contribution < 1.29 is 4.79 Å². The number of hydrogen-bond donors (Lipinski definition) is 2. The number of carbonyl (C=O) groups excluding carboxylic acids is 1. The molecule has 4 heteroatoms. The molecule has 0 heterocycles. The third-order valence-electron chi connectivity index (χ3n) is 3.15. The van der Waals surface area contributed by atoms with E-state index in [1.807, 2.05) is 38.2 Å². The molecule has 0 aromatic heterocycles. The van der Waals surface area contributed by atoms with Crippen molar-refractivity contribution in [2.45, 2.75) is 33.4 Å². The van der Waals surface area contributed by atoms with Crippen LogP contribution < -0.4 is 11.1 Å². The number of nitrogens with zero attached hydrogens (tertiary/aromatic N) is 1. The van der Waals surface area contributed by atoms with Gasteiger partial charge in [-0.05, 0) is 37.6 Å². The summed E-state index contributed by atoms with van der Waals surface area (Å²) >= 11 is 0. The Morgan fingerprint density at radius 1 is 1.26 bits per heavy atom. The average molecular weight is 263 g/mol. The lowest BCUT2D eigenvalue weighted by Crippen LogP contribution is -2.41. The van der Waals surface area contributed by atoms with Gasteiger partial charge >= 0.3 is 0 Å². The van der Waals surface area contributed by atoms with Crippen molar-refractivity contribution in [3.63, 3.8) is 0 Å². The van der Waals surface area contributed by atoms with Crippen LogP contribution in [0.3, 0.4) is 0 Å². The Bertz CT molecular complexity index is 400. The summed E-state index contributed by atoms with van der Waals surface area (Å²) in [7, 11) is 1.97. The molecule has 1 atom stereocenters. The quantitative estimate of drug-likeness (QED) is 0.826. The van der Waals surface area contributed by atoms with Gasteiger partial charge in [-0.3, -0.25) is 9.69 Å². The smallest absolute Gasteiger partial charge is 0.241 e. The number of amides is 1. The molecule has 3 N–H and O–H groups in total. The summed E-state index contributed by atoms with van der Waals surface area (Å²) in [6.07, 6.45) is 0. The number of hydrogen-bond acceptors (Lipinski definition) is 3. The third kappa shape index (κ3) is 5.01. The molecule has 4 nitrogen and oxygen atoms in total. The first-order chi connectivity index (χ1) is 8.93. The van der Waals surface area contributed by atoms with E-state index in [-0.39, 0.29) is 11.9 Å². The highest BCUT2D eigenvalue weighted by Crippen LogP contribution is 2.11. The Morgan fingerprint density at radius 2 is 1.84 bits per heavy atom. The summed E-state index contributed by atoms with van der Waals surface area (Å²) in [5.41, 5.74) is 7.41. The standard InChI is InChI=1S/C15H25N3O/c1-11(2)10-18(4)12(3)15(19)17-14-7-5-13(9-16)6-8-14/h5-8,11-12H,9-10,16H2,1-4H3,(H,17,19). The van der Waals surface area contributed by atoms with Crippen molar-refractivity contribution in [3.8, 4) is 0 Å². The maximum Gasteiger partial charge on any atom is 0.241 e. The Kier molecular flexibility index (Phi) is 5.99. The van der Waals surface area contributed by atoms with E-state index in [0.717, 1.165) is 17.8 Å². The van der Waals surface area contributed by atoms with Crippen LogP contribution in [-0.4, -0.2) is 30.4 Å². The van der Waals surface area contributed by atoms with Gasteiger partial charge in [-0.25, -0.2) is 0 Å². The van der Waals surface area contributed by atoms with Crippen molar-refractivity contribution in [1.82, 2.24) is 4.90 Å². The summed E-state index contributed by atoms with van der Waals surface area (Å²) in [4.78, 5) is 14.2. The van der Waals surface area contributed by atoms with Gasteiger partial charge in [-0.1, -0.05) is 26.0 Å². The average Bonchev–Trinajstić information content (AvgIpc) is 2.37. The third-order valence-corrected chi connectivity index (χ3v) is 3.15. The van der Waals surface area contributed by atoms with Gasteiger partial charge in [-0.2, -0.15) is 0 Å². The van der Waals surface area contributed by atoms with E-state index in [2.05, 4.69) is 24.1 Å². The summed E-state index contributed by atoms with van der Waals surface area (Å²) in [6.45, 7) is 7.63. The zero-order valence-electron chi connectivity index (χ0n) is 12.3. The fraction of sp³-hybridized carbons (Fsp3) is 0.533. The number of anilines is 1. The van der Waals surface area contributed by atoms with Gasteiger partial charge in [0.1, 0.15) is 0 Å². The van der Waals surface area contributed by atoms with Crippen LogP contribution >= 0.6 is 0 Å². The molecule has 1 rings (SSSR count). The second-order valence-corrected chi connectivity index (χ2v) is 5.40. The molecule has 0 radical (unpaired) electrons. The Balaban J connectivity index is 2.57. The fourth-order valence-electron chi connectivity index (χ4n) is 1.91. The van der Waals surface area contributed by atoms with Crippen molar-refractivity contribution in [2.75, 3.05) is 18.9 Å². The Labute approximate surface area is 116 Å². The summed E-state index contributed by atoms with van der Waals surface area (Å²) in [6, 6.07) is 7.48. The summed E-state index contributed by atoms with van der Waals surface area (Å²) in [5, 5.41) is 2.93. The predicted molar refractivity (Wildman–Crippen MR) is 79.9 cm³/mol. The van der Waals surface area contributed by atoms with E-state index in [4.69, 9.17) is 5.73 Å². The topological polar surface area (TPSA) is 58.4 Å². The molecule has 0 saturated carbocycles. The maximum absolute atomic E-state index is 12.1. The second kappa shape index (κ2) is 7.26. The molecule has 0 fully saturated rings. The number of nitrogens with one attached hydrogen (secondary N) is 1. The van der Waals surface area contributed by atoms with Crippen LogP contribution in [0.15, 0.2) is 24.3 Å². The van der Waals surface area contributed by atoms with Crippen LogP contribution in [0.4, 0.5) is 5.69 Å². The Morgan fingerprint density at radius 3 is 2.32 bits per heavy atom. The Hall–Kier alpha value is -1.39. The lowest BCUT2D eigenvalue weighted by atomic mass is 10.1. The van der Waals surface area contributed by atoms with Crippen molar-refractivity contribution in [3.05, 3.63) is 29.8 Å². The molecule has 0 bridgehead atoms. The van der Waals surface area contributed by atoms with Crippen LogP contribution in [0.25, 0.3) is 0 Å². The minimum absolute atomic E-state index is 0.0173. The molecule has 1 aromatic rings. The predicted octanol–water partition coefficient (Wildman–Crippen LogP) is 2.06. The molecular weight excluding hydrogens is 238 g/mol. The highest BCUT2D eigenvalue weighted by molar-refractivity contribution is 5.94. The van der Waals surface area contributed by atoms with E-state index in [0.29, 0.717) is 12.5 Å². The highest BCUT2D eigenvalue weighted by atomic mass is 16.2. The molecule has 19 heavy (non-hydrogen) atoms. The number of rotatable bonds is 6. The number of likely N-dealkylation sites (N-methyl/N-ethyl adjacent to an activating group) is 1. The molecule has 0 saturated heterocycles. The van der Waals surface area contributed by atoms with Crippen molar-refractivity contribution in [1.29, 1.82) is 0 Å². The van der Waals surface area contributed by atoms with Crippen LogP contribution in [0.5, 0.6) is 0 Å². The van der Waals surface area contributed by atoms with Crippen LogP contribution in [0.2, 0.25) is 0 Å². The highest BCUT2D eigenvalue weighted by Gasteiger charge is 2.18. The first-order valence-corrected chi connectivity index (χ1v) is 6.74. The molecule has 106 valence electrons. The lowest BCUT2D eigenvalue weighted by Gasteiger charge is -2.25. The van der Waals surface area contributed by atoms with Crippen molar-refractivity contribution in [2.24, 2.45) is 11.7 Å². The van der Waals surface area contributed by atoms with Gasteiger partial charge in [0.25, 0.3) is 0 Å². The minimum atomic E-state index is -0.142. The zero-order chi connectivity index (χ0) is 14.4. The normalized spacial score (nSPS) is 12.8. The molecule has 1 aromatic carbocycles. The van der Waals surface area contributed by atoms with Crippen molar-refractivity contribution >= 4 is 11.6 Å². The molecular formula is C15H25N3O. The number of benzene rings is 1. The molecule has 1 unspecified atom stereocenters. The van der Waals surface area contributed by atoms with Crippen LogP contribution in [0.1, 0.15) is 26.3 Å². The minimum Gasteiger partial charge on any atom is -0.326 e. The molecule has 0 aliphatic rings. The molecule has 1 amide bonds.